The highest BCUT2D eigenvalue weighted by Gasteiger charge is 2.47. The third-order valence-electron chi connectivity index (χ3n) is 8.73. The highest BCUT2D eigenvalue weighted by atomic mass is 19.1. The lowest BCUT2D eigenvalue weighted by molar-refractivity contribution is -0.120. The molecule has 1 aromatic heterocycles. The molecule has 2 aliphatic heterocycles. The molecule has 1 aromatic carbocycles. The molecule has 0 radical (unpaired) electrons. The zero-order valence-electron chi connectivity index (χ0n) is 25.0. The summed E-state index contributed by atoms with van der Waals surface area (Å²) in [5.41, 5.74) is 3.07. The van der Waals surface area contributed by atoms with Crippen LogP contribution in [0.1, 0.15) is 89.0 Å². The summed E-state index contributed by atoms with van der Waals surface area (Å²) in [6, 6.07) is 8.05. The molecular formula is C33H46FN3O4. The van der Waals surface area contributed by atoms with E-state index in [9.17, 15) is 14.3 Å². The largest absolute Gasteiger partial charge is 0.483 e. The number of carbonyl (C=O) groups is 1. The summed E-state index contributed by atoms with van der Waals surface area (Å²) in [5.74, 6) is 1.59. The first-order valence-corrected chi connectivity index (χ1v) is 15.3. The van der Waals surface area contributed by atoms with Crippen molar-refractivity contribution in [1.29, 1.82) is 0 Å². The van der Waals surface area contributed by atoms with Crippen LogP contribution in [-0.4, -0.2) is 60.0 Å². The van der Waals surface area contributed by atoms with Gasteiger partial charge in [-0.05, 0) is 86.5 Å². The second-order valence-corrected chi connectivity index (χ2v) is 13.5. The van der Waals surface area contributed by atoms with Gasteiger partial charge in [0.25, 0.3) is 0 Å². The molecule has 1 aliphatic carbocycles. The van der Waals surface area contributed by atoms with Crippen LogP contribution in [0, 0.1) is 11.2 Å². The Balaban J connectivity index is 1.42. The molecule has 1 amide bonds. The van der Waals surface area contributed by atoms with Crippen molar-refractivity contribution in [1.82, 2.24) is 10.3 Å². The van der Waals surface area contributed by atoms with Crippen molar-refractivity contribution < 1.29 is 23.8 Å². The predicted molar refractivity (Wildman–Crippen MR) is 158 cm³/mol. The fraction of sp³-hybridized carbons (Fsp3) is 0.636. The minimum Gasteiger partial charge on any atom is -0.483 e. The van der Waals surface area contributed by atoms with Crippen LogP contribution in [0.15, 0.2) is 30.3 Å². The minimum absolute atomic E-state index is 0.0891. The molecule has 1 spiro atoms. The first-order chi connectivity index (χ1) is 19.5. The molecule has 3 heterocycles. The van der Waals surface area contributed by atoms with Crippen LogP contribution in [0.3, 0.4) is 0 Å². The van der Waals surface area contributed by atoms with Crippen LogP contribution in [-0.2, 0) is 22.4 Å². The second-order valence-electron chi connectivity index (χ2n) is 13.5. The highest BCUT2D eigenvalue weighted by Crippen LogP contribution is 2.53. The maximum atomic E-state index is 13.5. The van der Waals surface area contributed by atoms with E-state index in [0.717, 1.165) is 74.4 Å². The van der Waals surface area contributed by atoms with Crippen LogP contribution in [0.2, 0.25) is 0 Å². The summed E-state index contributed by atoms with van der Waals surface area (Å²) in [4.78, 5) is 19.5. The Morgan fingerprint density at radius 2 is 1.93 bits per heavy atom. The minimum atomic E-state index is -0.734. The van der Waals surface area contributed by atoms with Crippen molar-refractivity contribution in [2.45, 2.75) is 103 Å². The van der Waals surface area contributed by atoms with Gasteiger partial charge in [0, 0.05) is 31.3 Å². The fourth-order valence-corrected chi connectivity index (χ4v) is 6.57. The Hall–Kier alpha value is -2.71. The highest BCUT2D eigenvalue weighted by molar-refractivity contribution is 5.73. The second kappa shape index (κ2) is 12.3. The van der Waals surface area contributed by atoms with Gasteiger partial charge in [0.1, 0.15) is 11.4 Å². The van der Waals surface area contributed by atoms with Crippen molar-refractivity contribution in [3.63, 3.8) is 0 Å². The van der Waals surface area contributed by atoms with Gasteiger partial charge in [0.05, 0.1) is 25.4 Å². The van der Waals surface area contributed by atoms with E-state index < -0.39 is 12.1 Å². The number of morpholine rings is 1. The molecule has 2 N–H and O–H groups in total. The van der Waals surface area contributed by atoms with E-state index in [4.69, 9.17) is 14.5 Å². The predicted octanol–water partition coefficient (Wildman–Crippen LogP) is 5.32. The number of fused-ring (bicyclic) bond motifs is 1. The van der Waals surface area contributed by atoms with Gasteiger partial charge in [0.15, 0.2) is 11.6 Å². The van der Waals surface area contributed by atoms with Gasteiger partial charge in [-0.2, -0.15) is 0 Å². The van der Waals surface area contributed by atoms with Crippen molar-refractivity contribution in [2.24, 2.45) is 5.41 Å². The number of hydrogen-bond donors (Lipinski definition) is 2. The summed E-state index contributed by atoms with van der Waals surface area (Å²) >= 11 is 0. The molecule has 224 valence electrons. The monoisotopic (exact) mass is 567 g/mol. The molecule has 0 unspecified atom stereocenters. The number of nitrogens with one attached hydrogen (secondary N) is 1. The molecule has 0 bridgehead atoms. The third-order valence-corrected chi connectivity index (χ3v) is 8.73. The lowest BCUT2D eigenvalue weighted by Crippen LogP contribution is -2.48. The molecule has 1 saturated carbocycles. The van der Waals surface area contributed by atoms with Gasteiger partial charge in [-0.25, -0.2) is 9.37 Å². The number of aliphatic hydroxyl groups is 1. The number of anilines is 1. The lowest BCUT2D eigenvalue weighted by Gasteiger charge is -2.49. The van der Waals surface area contributed by atoms with E-state index >= 15 is 0 Å². The standard InChI is InChI=1S/C33H46FN3O4/c1-22(38)35-28(18-23-6-9-25(34)10-7-23)29(39)11-8-24-20-33(12-5-13-33)41-30-27(24)19-26(21-32(2,3)4)36-31(30)37-14-16-40-17-15-37/h6-7,9-10,19,24,28-29,39H,5,8,11-18,20-21H2,1-4H3,(H,35,38)/t24-,28-,29+/m0/s1. The maximum Gasteiger partial charge on any atom is 0.217 e. The Morgan fingerprint density at radius 3 is 2.54 bits per heavy atom. The topological polar surface area (TPSA) is 83.9 Å². The summed E-state index contributed by atoms with van der Waals surface area (Å²) < 4.78 is 26.0. The van der Waals surface area contributed by atoms with Gasteiger partial charge in [-0.15, -0.1) is 0 Å². The van der Waals surface area contributed by atoms with E-state index in [1.165, 1.54) is 24.6 Å². The summed E-state index contributed by atoms with van der Waals surface area (Å²) in [6.07, 6.45) is 6.05. The summed E-state index contributed by atoms with van der Waals surface area (Å²) in [6.45, 7) is 11.1. The average Bonchev–Trinajstić information content (AvgIpc) is 2.90. The third kappa shape index (κ3) is 7.39. The molecule has 2 fully saturated rings. The molecule has 8 heteroatoms. The van der Waals surface area contributed by atoms with Crippen molar-refractivity contribution in [3.05, 3.63) is 53.0 Å². The van der Waals surface area contributed by atoms with E-state index in [-0.39, 0.29) is 28.7 Å². The van der Waals surface area contributed by atoms with E-state index in [1.807, 2.05) is 0 Å². The van der Waals surface area contributed by atoms with Crippen molar-refractivity contribution in [3.8, 4) is 5.75 Å². The number of hydrogen-bond acceptors (Lipinski definition) is 6. The number of aromatic nitrogens is 1. The van der Waals surface area contributed by atoms with Crippen molar-refractivity contribution in [2.75, 3.05) is 31.2 Å². The number of halogens is 1. The van der Waals surface area contributed by atoms with Gasteiger partial charge >= 0.3 is 0 Å². The van der Waals surface area contributed by atoms with Gasteiger partial charge in [-0.3, -0.25) is 4.79 Å². The van der Waals surface area contributed by atoms with E-state index in [0.29, 0.717) is 26.1 Å². The maximum absolute atomic E-state index is 13.5. The molecule has 3 atom stereocenters. The lowest BCUT2D eigenvalue weighted by atomic mass is 9.69. The van der Waals surface area contributed by atoms with Crippen LogP contribution in [0.25, 0.3) is 0 Å². The number of benzene rings is 1. The Bertz CT molecular complexity index is 1200. The van der Waals surface area contributed by atoms with Gasteiger partial charge in [0.2, 0.25) is 5.91 Å². The number of carbonyl (C=O) groups excluding carboxylic acids is 1. The Labute approximate surface area is 243 Å². The first kappa shape index (κ1) is 29.8. The molecule has 7 nitrogen and oxygen atoms in total. The number of ether oxygens (including phenoxy) is 2. The summed E-state index contributed by atoms with van der Waals surface area (Å²) in [5, 5.41) is 14.3. The summed E-state index contributed by atoms with van der Waals surface area (Å²) in [7, 11) is 0. The molecule has 41 heavy (non-hydrogen) atoms. The SMILES string of the molecule is CC(=O)N[C@@H](Cc1ccc(F)cc1)[C@H](O)CC[C@H]1CC2(CCC2)Oc2c1cc(CC(C)(C)C)nc2N1CCOCC1. The zero-order chi connectivity index (χ0) is 29.2. The first-order valence-electron chi connectivity index (χ1n) is 15.3. The fourth-order valence-electron chi connectivity index (χ4n) is 6.57. The van der Waals surface area contributed by atoms with E-state index in [2.05, 4.69) is 37.1 Å². The average molecular weight is 568 g/mol. The van der Waals surface area contributed by atoms with Gasteiger partial charge < -0.3 is 24.8 Å². The van der Waals surface area contributed by atoms with Gasteiger partial charge in [-0.1, -0.05) is 32.9 Å². The van der Waals surface area contributed by atoms with Crippen molar-refractivity contribution >= 4 is 11.7 Å². The molecule has 5 rings (SSSR count). The molecular weight excluding hydrogens is 521 g/mol. The Morgan fingerprint density at radius 1 is 1.22 bits per heavy atom. The van der Waals surface area contributed by atoms with Crippen LogP contribution in [0.5, 0.6) is 5.75 Å². The van der Waals surface area contributed by atoms with Crippen LogP contribution >= 0.6 is 0 Å². The number of aliphatic hydroxyl groups excluding tert-OH is 1. The molecule has 1 saturated heterocycles. The normalized spacial score (nSPS) is 21.4. The quantitative estimate of drug-likeness (QED) is 0.427. The number of rotatable bonds is 9. The molecule has 2 aromatic rings. The van der Waals surface area contributed by atoms with Crippen LogP contribution in [0.4, 0.5) is 10.2 Å². The number of nitrogens with zero attached hydrogens (tertiary/aromatic N) is 2. The van der Waals surface area contributed by atoms with E-state index in [1.54, 1.807) is 12.1 Å². The number of pyridine rings is 1. The number of amides is 1. The zero-order valence-corrected chi connectivity index (χ0v) is 25.0. The Kier molecular flexibility index (Phi) is 8.90. The molecule has 3 aliphatic rings. The van der Waals surface area contributed by atoms with Crippen LogP contribution < -0.4 is 15.0 Å². The smallest absolute Gasteiger partial charge is 0.217 e.